The largest absolute Gasteiger partial charge is 0.462 e. The molecule has 268 valence electrons. The summed E-state index contributed by atoms with van der Waals surface area (Å²) in [5.74, 6) is -0.645. The molecule has 0 spiro atoms. The fourth-order valence-corrected chi connectivity index (χ4v) is 4.87. The molecule has 5 heteroatoms. The van der Waals surface area contributed by atoms with Crippen LogP contribution in [0.3, 0.4) is 0 Å². The van der Waals surface area contributed by atoms with Gasteiger partial charge in [-0.2, -0.15) is 0 Å². The van der Waals surface area contributed by atoms with Gasteiger partial charge in [0.15, 0.2) is 6.10 Å². The van der Waals surface area contributed by atoms with Crippen LogP contribution in [0.5, 0.6) is 0 Å². The molecule has 0 aromatic heterocycles. The predicted octanol–water partition coefficient (Wildman–Crippen LogP) is 11.8. The van der Waals surface area contributed by atoms with Crippen LogP contribution in [0.25, 0.3) is 0 Å². The number of rotatable bonds is 33. The van der Waals surface area contributed by atoms with Crippen molar-refractivity contribution in [2.75, 3.05) is 13.2 Å². The van der Waals surface area contributed by atoms with Crippen LogP contribution < -0.4 is 0 Å². The first kappa shape index (κ1) is 44.3. The van der Waals surface area contributed by atoms with Crippen LogP contribution in [0, 0.1) is 0 Å². The number of ether oxygens (including phenoxy) is 2. The van der Waals surface area contributed by atoms with Crippen molar-refractivity contribution < 1.29 is 24.2 Å². The Morgan fingerprint density at radius 2 is 0.915 bits per heavy atom. The van der Waals surface area contributed by atoms with Gasteiger partial charge in [0.25, 0.3) is 0 Å². The van der Waals surface area contributed by atoms with E-state index in [-0.39, 0.29) is 25.2 Å². The van der Waals surface area contributed by atoms with Gasteiger partial charge in [0.1, 0.15) is 6.61 Å². The average molecular weight is 655 g/mol. The highest BCUT2D eigenvalue weighted by molar-refractivity contribution is 5.70. The molecule has 47 heavy (non-hydrogen) atoms. The second-order valence-corrected chi connectivity index (χ2v) is 12.3. The number of hydrogen-bond donors (Lipinski definition) is 1. The molecule has 0 saturated heterocycles. The Hall–Kier alpha value is -2.66. The third kappa shape index (κ3) is 36.0. The molecule has 1 N–H and O–H groups in total. The lowest BCUT2D eigenvalue weighted by atomic mass is 10.1. The first-order chi connectivity index (χ1) is 23.1. The number of aliphatic hydroxyl groups excluding tert-OH is 1. The molecule has 0 fully saturated rings. The molecule has 0 amide bonds. The van der Waals surface area contributed by atoms with E-state index in [9.17, 15) is 14.7 Å². The van der Waals surface area contributed by atoms with Crippen LogP contribution >= 0.6 is 0 Å². The van der Waals surface area contributed by atoms with Gasteiger partial charge >= 0.3 is 11.9 Å². The Kier molecular flexibility index (Phi) is 35.7. The van der Waals surface area contributed by atoms with Gasteiger partial charge in [-0.15, -0.1) is 0 Å². The van der Waals surface area contributed by atoms with Crippen molar-refractivity contribution in [2.45, 2.75) is 168 Å². The zero-order valence-electron chi connectivity index (χ0n) is 30.3. The van der Waals surface area contributed by atoms with Crippen molar-refractivity contribution in [3.8, 4) is 0 Å². The Morgan fingerprint density at radius 1 is 0.511 bits per heavy atom. The van der Waals surface area contributed by atoms with Gasteiger partial charge in [0.2, 0.25) is 0 Å². The quantitative estimate of drug-likeness (QED) is 0.0433. The van der Waals surface area contributed by atoms with E-state index < -0.39 is 6.10 Å². The molecular weight excluding hydrogens is 584 g/mol. The predicted molar refractivity (Wildman–Crippen MR) is 200 cm³/mol. The highest BCUT2D eigenvalue weighted by Crippen LogP contribution is 2.11. The first-order valence-electron chi connectivity index (χ1n) is 19.0. The molecule has 0 bridgehead atoms. The van der Waals surface area contributed by atoms with Crippen molar-refractivity contribution in [2.24, 2.45) is 0 Å². The summed E-state index contributed by atoms with van der Waals surface area (Å²) in [6.45, 7) is 3.96. The lowest BCUT2D eigenvalue weighted by Crippen LogP contribution is -2.28. The number of aliphatic hydroxyl groups is 1. The third-order valence-corrected chi connectivity index (χ3v) is 7.73. The molecule has 5 nitrogen and oxygen atoms in total. The maximum Gasteiger partial charge on any atom is 0.306 e. The van der Waals surface area contributed by atoms with E-state index in [0.29, 0.717) is 12.8 Å². The van der Waals surface area contributed by atoms with E-state index in [1.165, 1.54) is 51.4 Å². The molecule has 0 aromatic carbocycles. The lowest BCUT2D eigenvalue weighted by molar-refractivity contribution is -0.161. The van der Waals surface area contributed by atoms with Crippen LogP contribution in [-0.4, -0.2) is 36.4 Å². The van der Waals surface area contributed by atoms with Gasteiger partial charge in [0.05, 0.1) is 6.61 Å². The van der Waals surface area contributed by atoms with Crippen molar-refractivity contribution in [1.82, 2.24) is 0 Å². The Labute approximate surface area is 289 Å². The fourth-order valence-electron chi connectivity index (χ4n) is 4.87. The molecule has 0 aliphatic carbocycles. The second kappa shape index (κ2) is 37.8. The van der Waals surface area contributed by atoms with Crippen molar-refractivity contribution in [3.05, 3.63) is 72.9 Å². The van der Waals surface area contributed by atoms with E-state index in [1.807, 2.05) is 0 Å². The topological polar surface area (TPSA) is 72.8 Å². The number of carbonyl (C=O) groups is 2. The zero-order chi connectivity index (χ0) is 34.3. The summed E-state index contributed by atoms with van der Waals surface area (Å²) in [5.41, 5.74) is 0. The van der Waals surface area contributed by atoms with Crippen LogP contribution in [0.4, 0.5) is 0 Å². The van der Waals surface area contributed by atoms with Gasteiger partial charge in [0, 0.05) is 12.8 Å². The van der Waals surface area contributed by atoms with E-state index in [4.69, 9.17) is 9.47 Å². The van der Waals surface area contributed by atoms with Crippen LogP contribution in [-0.2, 0) is 19.1 Å². The average Bonchev–Trinajstić information content (AvgIpc) is 3.07. The molecule has 1 atom stereocenters. The molecule has 0 rings (SSSR count). The molecule has 0 saturated carbocycles. The minimum atomic E-state index is -0.794. The zero-order valence-corrected chi connectivity index (χ0v) is 30.3. The van der Waals surface area contributed by atoms with Crippen molar-refractivity contribution >= 4 is 11.9 Å². The first-order valence-corrected chi connectivity index (χ1v) is 19.0. The van der Waals surface area contributed by atoms with Gasteiger partial charge in [-0.1, -0.05) is 138 Å². The van der Waals surface area contributed by atoms with E-state index in [0.717, 1.165) is 83.5 Å². The van der Waals surface area contributed by atoms with Crippen molar-refractivity contribution in [3.63, 3.8) is 0 Å². The summed E-state index contributed by atoms with van der Waals surface area (Å²) < 4.78 is 10.6. The second-order valence-electron chi connectivity index (χ2n) is 12.3. The van der Waals surface area contributed by atoms with Crippen LogP contribution in [0.1, 0.15) is 162 Å². The minimum Gasteiger partial charge on any atom is -0.462 e. The maximum absolute atomic E-state index is 12.1. The summed E-state index contributed by atoms with van der Waals surface area (Å²) in [4.78, 5) is 24.2. The monoisotopic (exact) mass is 655 g/mol. The highest BCUT2D eigenvalue weighted by atomic mass is 16.6. The smallest absolute Gasteiger partial charge is 0.306 e. The molecular formula is C42H70O5. The summed E-state index contributed by atoms with van der Waals surface area (Å²) in [7, 11) is 0. The maximum atomic E-state index is 12.1. The number of carbonyl (C=O) groups excluding carboxylic acids is 2. The SMILES string of the molecule is CC/C=C/C/C=C/C/C=C/C/C=C/C/C=C/CCCCCC(=O)O[C@@H](CO)COC(=O)CCCCCCC/C=C/CCCCCCC. The van der Waals surface area contributed by atoms with Gasteiger partial charge in [-0.25, -0.2) is 0 Å². The summed E-state index contributed by atoms with van der Waals surface area (Å²) >= 11 is 0. The van der Waals surface area contributed by atoms with E-state index in [2.05, 4.69) is 86.8 Å². The molecule has 0 unspecified atom stereocenters. The molecule has 0 heterocycles. The van der Waals surface area contributed by atoms with Gasteiger partial charge in [-0.3, -0.25) is 9.59 Å². The fraction of sp³-hybridized carbons (Fsp3) is 0.667. The third-order valence-electron chi connectivity index (χ3n) is 7.73. The van der Waals surface area contributed by atoms with Crippen LogP contribution in [0.15, 0.2) is 72.9 Å². The molecule has 0 aliphatic heterocycles. The summed E-state index contributed by atoms with van der Waals surface area (Å²) in [5, 5.41) is 9.54. The normalized spacial score (nSPS) is 13.0. The number of allylic oxidation sites excluding steroid dienone is 12. The standard InChI is InChI=1S/C42H70O5/c1-3-5-7-9-11-13-15-17-19-20-21-22-23-25-27-29-31-33-35-37-42(45)47-40(38-43)39-46-41(44)36-34-32-30-28-26-24-18-16-14-12-10-8-6-4-2/h5,7,11,13,16-19,21-22,25,27,40,43H,3-4,6,8-10,12,14-15,20,23-24,26,28-39H2,1-2H3/b7-5+,13-11+,18-16+,19-17+,22-21+,27-25+/t40-/m0/s1. The lowest BCUT2D eigenvalue weighted by Gasteiger charge is -2.15. The number of esters is 2. The Morgan fingerprint density at radius 3 is 1.43 bits per heavy atom. The van der Waals surface area contributed by atoms with Crippen LogP contribution in [0.2, 0.25) is 0 Å². The van der Waals surface area contributed by atoms with Gasteiger partial charge in [-0.05, 0) is 83.5 Å². The van der Waals surface area contributed by atoms with Gasteiger partial charge < -0.3 is 14.6 Å². The van der Waals surface area contributed by atoms with E-state index in [1.54, 1.807) is 0 Å². The number of unbranched alkanes of at least 4 members (excludes halogenated alkanes) is 13. The molecule has 0 aliphatic rings. The van der Waals surface area contributed by atoms with Crippen molar-refractivity contribution in [1.29, 1.82) is 0 Å². The van der Waals surface area contributed by atoms with E-state index >= 15 is 0 Å². The summed E-state index contributed by atoms with van der Waals surface area (Å²) in [6, 6.07) is 0. The molecule has 0 radical (unpaired) electrons. The Bertz CT molecular complexity index is 879. The number of hydrogen-bond acceptors (Lipinski definition) is 5. The molecule has 0 aromatic rings. The minimum absolute atomic E-state index is 0.0872. The Balaban J connectivity index is 3.68. The summed E-state index contributed by atoms with van der Waals surface area (Å²) in [6.07, 6.45) is 49.5. The highest BCUT2D eigenvalue weighted by Gasteiger charge is 2.16.